The lowest BCUT2D eigenvalue weighted by molar-refractivity contribution is 0.0952. The SMILES string of the molecule is CCCNCCc1ccccc1COCCN(CC)CC. The van der Waals surface area contributed by atoms with Crippen LogP contribution in [0.15, 0.2) is 24.3 Å². The largest absolute Gasteiger partial charge is 0.375 e. The second kappa shape index (κ2) is 11.7. The van der Waals surface area contributed by atoms with E-state index in [1.54, 1.807) is 0 Å². The molecule has 0 spiro atoms. The van der Waals surface area contributed by atoms with E-state index in [4.69, 9.17) is 4.74 Å². The van der Waals surface area contributed by atoms with E-state index in [0.717, 1.165) is 52.4 Å². The van der Waals surface area contributed by atoms with Crippen molar-refractivity contribution in [2.24, 2.45) is 0 Å². The molecule has 0 amide bonds. The van der Waals surface area contributed by atoms with Crippen LogP contribution in [0.1, 0.15) is 38.3 Å². The fourth-order valence-electron chi connectivity index (χ4n) is 2.38. The van der Waals surface area contributed by atoms with Gasteiger partial charge in [0.25, 0.3) is 0 Å². The van der Waals surface area contributed by atoms with E-state index in [1.807, 2.05) is 0 Å². The summed E-state index contributed by atoms with van der Waals surface area (Å²) in [5.41, 5.74) is 2.74. The van der Waals surface area contributed by atoms with Gasteiger partial charge in [-0.2, -0.15) is 0 Å². The zero-order valence-corrected chi connectivity index (χ0v) is 14.0. The first-order valence-corrected chi connectivity index (χ1v) is 8.39. The van der Waals surface area contributed by atoms with Crippen molar-refractivity contribution in [2.45, 2.75) is 40.2 Å². The zero-order chi connectivity index (χ0) is 15.3. The van der Waals surface area contributed by atoms with Crippen molar-refractivity contribution in [3.63, 3.8) is 0 Å². The number of benzene rings is 1. The fraction of sp³-hybridized carbons (Fsp3) is 0.667. The van der Waals surface area contributed by atoms with Crippen LogP contribution < -0.4 is 5.32 Å². The third-order valence-electron chi connectivity index (χ3n) is 3.82. The highest BCUT2D eigenvalue weighted by Crippen LogP contribution is 2.10. The number of ether oxygens (including phenoxy) is 1. The van der Waals surface area contributed by atoms with Gasteiger partial charge in [0.15, 0.2) is 0 Å². The first-order valence-electron chi connectivity index (χ1n) is 8.39. The maximum absolute atomic E-state index is 5.86. The highest BCUT2D eigenvalue weighted by Gasteiger charge is 2.03. The molecule has 0 aliphatic carbocycles. The van der Waals surface area contributed by atoms with Gasteiger partial charge in [-0.25, -0.2) is 0 Å². The Labute approximate surface area is 130 Å². The third kappa shape index (κ3) is 7.60. The summed E-state index contributed by atoms with van der Waals surface area (Å²) >= 11 is 0. The molecule has 0 radical (unpaired) electrons. The topological polar surface area (TPSA) is 24.5 Å². The number of hydrogen-bond acceptors (Lipinski definition) is 3. The molecular weight excluding hydrogens is 260 g/mol. The lowest BCUT2D eigenvalue weighted by Crippen LogP contribution is -2.27. The zero-order valence-electron chi connectivity index (χ0n) is 14.0. The molecule has 0 saturated carbocycles. The summed E-state index contributed by atoms with van der Waals surface area (Å²) in [4.78, 5) is 2.39. The quantitative estimate of drug-likeness (QED) is 0.599. The number of likely N-dealkylation sites (N-methyl/N-ethyl adjacent to an activating group) is 1. The standard InChI is InChI=1S/C18H32N2O/c1-4-12-19-13-11-17-9-7-8-10-18(17)16-21-15-14-20(5-2)6-3/h7-10,19H,4-6,11-16H2,1-3H3. The Morgan fingerprint density at radius 3 is 2.38 bits per heavy atom. The van der Waals surface area contributed by atoms with Crippen molar-refractivity contribution in [2.75, 3.05) is 39.3 Å². The van der Waals surface area contributed by atoms with E-state index < -0.39 is 0 Å². The normalized spacial score (nSPS) is 11.2. The van der Waals surface area contributed by atoms with Gasteiger partial charge in [-0.15, -0.1) is 0 Å². The predicted octanol–water partition coefficient (Wildman–Crippen LogP) is 3.09. The molecule has 1 rings (SSSR count). The summed E-state index contributed by atoms with van der Waals surface area (Å²) in [6.07, 6.45) is 2.27. The lowest BCUT2D eigenvalue weighted by Gasteiger charge is -2.18. The minimum absolute atomic E-state index is 0.727. The second-order valence-electron chi connectivity index (χ2n) is 5.35. The molecule has 0 aromatic heterocycles. The molecule has 3 nitrogen and oxygen atoms in total. The Hall–Kier alpha value is -0.900. The highest BCUT2D eigenvalue weighted by molar-refractivity contribution is 5.26. The van der Waals surface area contributed by atoms with Crippen molar-refractivity contribution >= 4 is 0 Å². The van der Waals surface area contributed by atoms with Crippen molar-refractivity contribution in [1.29, 1.82) is 0 Å². The van der Waals surface area contributed by atoms with Crippen LogP contribution in [-0.4, -0.2) is 44.2 Å². The molecule has 1 aromatic carbocycles. The van der Waals surface area contributed by atoms with Gasteiger partial charge >= 0.3 is 0 Å². The molecule has 21 heavy (non-hydrogen) atoms. The summed E-state index contributed by atoms with van der Waals surface area (Å²) in [6.45, 7) is 13.5. The average Bonchev–Trinajstić information content (AvgIpc) is 2.53. The second-order valence-corrected chi connectivity index (χ2v) is 5.35. The van der Waals surface area contributed by atoms with Crippen molar-refractivity contribution in [1.82, 2.24) is 10.2 Å². The fourth-order valence-corrected chi connectivity index (χ4v) is 2.38. The smallest absolute Gasteiger partial charge is 0.0720 e. The van der Waals surface area contributed by atoms with E-state index in [1.165, 1.54) is 17.5 Å². The molecule has 0 saturated heterocycles. The Bertz CT molecular complexity index is 364. The van der Waals surface area contributed by atoms with E-state index in [-0.39, 0.29) is 0 Å². The van der Waals surface area contributed by atoms with Crippen molar-refractivity contribution < 1.29 is 4.74 Å². The number of nitrogens with zero attached hydrogens (tertiary/aromatic N) is 1. The van der Waals surface area contributed by atoms with E-state index in [0.29, 0.717) is 0 Å². The van der Waals surface area contributed by atoms with E-state index in [9.17, 15) is 0 Å². The molecule has 1 N–H and O–H groups in total. The van der Waals surface area contributed by atoms with Crippen LogP contribution in [0.25, 0.3) is 0 Å². The summed E-state index contributed by atoms with van der Waals surface area (Å²) in [7, 11) is 0. The predicted molar refractivity (Wildman–Crippen MR) is 90.8 cm³/mol. The maximum Gasteiger partial charge on any atom is 0.0720 e. The van der Waals surface area contributed by atoms with Gasteiger partial charge in [0.2, 0.25) is 0 Å². The molecule has 0 heterocycles. The van der Waals surface area contributed by atoms with Crippen LogP contribution in [-0.2, 0) is 17.8 Å². The van der Waals surface area contributed by atoms with Gasteiger partial charge in [0.05, 0.1) is 13.2 Å². The Morgan fingerprint density at radius 1 is 1.00 bits per heavy atom. The Balaban J connectivity index is 2.33. The molecule has 3 heteroatoms. The van der Waals surface area contributed by atoms with Crippen LogP contribution >= 0.6 is 0 Å². The van der Waals surface area contributed by atoms with Gasteiger partial charge in [0.1, 0.15) is 0 Å². The van der Waals surface area contributed by atoms with Crippen molar-refractivity contribution in [3.8, 4) is 0 Å². The molecule has 0 unspecified atom stereocenters. The van der Waals surface area contributed by atoms with Gasteiger partial charge < -0.3 is 15.0 Å². The first kappa shape index (κ1) is 18.1. The van der Waals surface area contributed by atoms with Gasteiger partial charge in [-0.05, 0) is 50.1 Å². The monoisotopic (exact) mass is 292 g/mol. The molecule has 0 aliphatic heterocycles. The van der Waals surface area contributed by atoms with Crippen LogP contribution in [0.2, 0.25) is 0 Å². The Kier molecular flexibility index (Phi) is 10.1. The minimum Gasteiger partial charge on any atom is -0.375 e. The lowest BCUT2D eigenvalue weighted by atomic mass is 10.1. The molecule has 0 aliphatic rings. The summed E-state index contributed by atoms with van der Waals surface area (Å²) in [5, 5.41) is 3.46. The Morgan fingerprint density at radius 2 is 1.71 bits per heavy atom. The number of hydrogen-bond donors (Lipinski definition) is 1. The molecule has 0 fully saturated rings. The molecule has 0 bridgehead atoms. The van der Waals surface area contributed by atoms with Crippen LogP contribution in [0.4, 0.5) is 0 Å². The van der Waals surface area contributed by atoms with E-state index in [2.05, 4.69) is 55.3 Å². The van der Waals surface area contributed by atoms with Crippen LogP contribution in [0.3, 0.4) is 0 Å². The summed E-state index contributed by atoms with van der Waals surface area (Å²) < 4.78 is 5.86. The van der Waals surface area contributed by atoms with Gasteiger partial charge in [0, 0.05) is 6.54 Å². The molecule has 0 atom stereocenters. The van der Waals surface area contributed by atoms with Crippen LogP contribution in [0, 0.1) is 0 Å². The number of nitrogens with one attached hydrogen (secondary N) is 1. The molecule has 120 valence electrons. The molecular formula is C18H32N2O. The highest BCUT2D eigenvalue weighted by atomic mass is 16.5. The maximum atomic E-state index is 5.86. The van der Waals surface area contributed by atoms with Crippen LogP contribution in [0.5, 0.6) is 0 Å². The first-order chi connectivity index (χ1) is 10.3. The summed E-state index contributed by atoms with van der Waals surface area (Å²) in [5.74, 6) is 0. The third-order valence-corrected chi connectivity index (χ3v) is 3.82. The minimum atomic E-state index is 0.727. The molecule has 1 aromatic rings. The van der Waals surface area contributed by atoms with Gasteiger partial charge in [-0.3, -0.25) is 0 Å². The van der Waals surface area contributed by atoms with Crippen molar-refractivity contribution in [3.05, 3.63) is 35.4 Å². The average molecular weight is 292 g/mol. The summed E-state index contributed by atoms with van der Waals surface area (Å²) in [6, 6.07) is 8.63. The number of rotatable bonds is 12. The van der Waals surface area contributed by atoms with E-state index >= 15 is 0 Å². The van der Waals surface area contributed by atoms with Gasteiger partial charge in [-0.1, -0.05) is 45.0 Å².